The van der Waals surface area contributed by atoms with Crippen molar-refractivity contribution in [3.8, 4) is 11.3 Å². The van der Waals surface area contributed by atoms with Crippen LogP contribution in [0.1, 0.15) is 52.7 Å². The number of aryl methyl sites for hydroxylation is 2. The van der Waals surface area contributed by atoms with Gasteiger partial charge in [-0.3, -0.25) is 4.98 Å². The van der Waals surface area contributed by atoms with E-state index in [1.807, 2.05) is 6.20 Å². The molecule has 0 radical (unpaired) electrons. The van der Waals surface area contributed by atoms with Crippen LogP contribution in [0.3, 0.4) is 0 Å². The van der Waals surface area contributed by atoms with Crippen LogP contribution in [0, 0.1) is 13.8 Å². The Hall–Kier alpha value is -2.45. The lowest BCUT2D eigenvalue weighted by Crippen LogP contribution is -2.55. The first-order valence-electron chi connectivity index (χ1n) is 12.1. The highest BCUT2D eigenvalue weighted by molar-refractivity contribution is 6.95. The summed E-state index contributed by atoms with van der Waals surface area (Å²) >= 11 is 0. The molecule has 1 heterocycles. The molecule has 0 unspecified atom stereocenters. The third kappa shape index (κ3) is 3.59. The molecule has 0 saturated heterocycles. The number of fused-ring (bicyclic) bond motifs is 3. The van der Waals surface area contributed by atoms with E-state index >= 15 is 0 Å². The Kier molecular flexibility index (Phi) is 6.02. The molecule has 2 heteroatoms. The topological polar surface area (TPSA) is 12.9 Å². The summed E-state index contributed by atoms with van der Waals surface area (Å²) in [7, 11) is -1.68. The summed E-state index contributed by atoms with van der Waals surface area (Å²) in [5.41, 5.74) is 6.97. The highest BCUT2D eigenvalue weighted by atomic mass is 28.3. The molecule has 32 heavy (non-hydrogen) atoms. The van der Waals surface area contributed by atoms with Gasteiger partial charge in [0, 0.05) is 17.1 Å². The van der Waals surface area contributed by atoms with E-state index in [4.69, 9.17) is 4.98 Å². The standard InChI is InChI=1S/C30H37NSi/c1-19(2)32(20(3)4,21(5)6)26-10-12-27-24(18-26)9-11-29-28(27)13-14-31-30(29)25-16-22(7)15-23(8)17-25/h9-21H,1-8H3. The molecular formula is C30H37NSi. The quantitative estimate of drug-likeness (QED) is 0.224. The molecule has 0 aliphatic carbocycles. The third-order valence-corrected chi connectivity index (χ3v) is 14.7. The summed E-state index contributed by atoms with van der Waals surface area (Å²) in [5, 5.41) is 6.82. The number of hydrogen-bond donors (Lipinski definition) is 0. The molecule has 4 aromatic rings. The molecule has 0 saturated carbocycles. The fourth-order valence-corrected chi connectivity index (χ4v) is 13.4. The van der Waals surface area contributed by atoms with Gasteiger partial charge in [-0.1, -0.05) is 94.3 Å². The van der Waals surface area contributed by atoms with E-state index in [9.17, 15) is 0 Å². The maximum atomic E-state index is 4.80. The second-order valence-electron chi connectivity index (χ2n) is 10.5. The minimum absolute atomic E-state index is 0.709. The smallest absolute Gasteiger partial charge is 0.0942 e. The van der Waals surface area contributed by atoms with Crippen molar-refractivity contribution < 1.29 is 0 Å². The fraction of sp³-hybridized carbons (Fsp3) is 0.367. The molecule has 4 rings (SSSR count). The average Bonchev–Trinajstić information content (AvgIpc) is 2.72. The first-order chi connectivity index (χ1) is 15.2. The van der Waals surface area contributed by atoms with Crippen LogP contribution in [0.5, 0.6) is 0 Å². The second-order valence-corrected chi connectivity index (χ2v) is 16.4. The third-order valence-electron chi connectivity index (χ3n) is 7.62. The van der Waals surface area contributed by atoms with Gasteiger partial charge in [0.25, 0.3) is 0 Å². The molecule has 0 aliphatic rings. The fourth-order valence-electron chi connectivity index (χ4n) is 6.61. The van der Waals surface area contributed by atoms with Crippen LogP contribution in [0.4, 0.5) is 0 Å². The van der Waals surface area contributed by atoms with Gasteiger partial charge >= 0.3 is 0 Å². The number of benzene rings is 3. The van der Waals surface area contributed by atoms with Crippen LogP contribution in [-0.4, -0.2) is 13.1 Å². The monoisotopic (exact) mass is 439 g/mol. The van der Waals surface area contributed by atoms with Gasteiger partial charge in [0.05, 0.1) is 13.8 Å². The van der Waals surface area contributed by atoms with Gasteiger partial charge in [-0.15, -0.1) is 0 Å². The van der Waals surface area contributed by atoms with Crippen LogP contribution < -0.4 is 5.19 Å². The number of nitrogens with zero attached hydrogens (tertiary/aromatic N) is 1. The van der Waals surface area contributed by atoms with E-state index in [-0.39, 0.29) is 0 Å². The van der Waals surface area contributed by atoms with Crippen LogP contribution in [0.2, 0.25) is 16.6 Å². The summed E-state index contributed by atoms with van der Waals surface area (Å²) < 4.78 is 0. The Morgan fingerprint density at radius 3 is 1.81 bits per heavy atom. The van der Waals surface area contributed by atoms with Crippen LogP contribution in [0.15, 0.2) is 60.8 Å². The Bertz CT molecular complexity index is 1240. The largest absolute Gasteiger partial charge is 0.256 e. The Morgan fingerprint density at radius 1 is 0.625 bits per heavy atom. The molecule has 0 fully saturated rings. The van der Waals surface area contributed by atoms with Crippen LogP contribution in [-0.2, 0) is 0 Å². The van der Waals surface area contributed by atoms with Crippen molar-refractivity contribution in [1.29, 1.82) is 0 Å². The lowest BCUT2D eigenvalue weighted by molar-refractivity contribution is 0.835. The summed E-state index contributed by atoms with van der Waals surface area (Å²) in [5.74, 6) is 0. The predicted octanol–water partition coefficient (Wildman–Crippen LogP) is 8.56. The molecule has 0 atom stereocenters. The summed E-state index contributed by atoms with van der Waals surface area (Å²) in [4.78, 5) is 4.80. The lowest BCUT2D eigenvalue weighted by atomic mass is 9.97. The van der Waals surface area contributed by atoms with Gasteiger partial charge in [-0.25, -0.2) is 0 Å². The Balaban J connectivity index is 1.95. The van der Waals surface area contributed by atoms with Crippen molar-refractivity contribution in [2.75, 3.05) is 0 Å². The SMILES string of the molecule is Cc1cc(C)cc(-c2nccc3c2ccc2cc([Si](C(C)C)(C(C)C)C(C)C)ccc23)c1. The lowest BCUT2D eigenvalue weighted by Gasteiger charge is -2.43. The molecule has 0 bridgehead atoms. The van der Waals surface area contributed by atoms with E-state index in [0.29, 0.717) is 16.6 Å². The van der Waals surface area contributed by atoms with Gasteiger partial charge in [0.15, 0.2) is 0 Å². The Labute approximate surface area is 194 Å². The van der Waals surface area contributed by atoms with Crippen molar-refractivity contribution in [1.82, 2.24) is 4.98 Å². The van der Waals surface area contributed by atoms with Crippen molar-refractivity contribution in [3.05, 3.63) is 71.9 Å². The van der Waals surface area contributed by atoms with E-state index < -0.39 is 8.07 Å². The minimum Gasteiger partial charge on any atom is -0.256 e. The highest BCUT2D eigenvalue weighted by Gasteiger charge is 2.44. The molecule has 1 nitrogen and oxygen atoms in total. The first-order valence-corrected chi connectivity index (χ1v) is 14.3. The van der Waals surface area contributed by atoms with Gasteiger partial charge in [-0.2, -0.15) is 0 Å². The van der Waals surface area contributed by atoms with Gasteiger partial charge in [0.2, 0.25) is 0 Å². The van der Waals surface area contributed by atoms with Crippen LogP contribution in [0.25, 0.3) is 32.8 Å². The second kappa shape index (κ2) is 8.48. The number of pyridine rings is 1. The number of rotatable bonds is 5. The van der Waals surface area contributed by atoms with Gasteiger partial charge < -0.3 is 0 Å². The molecule has 0 N–H and O–H groups in total. The predicted molar refractivity (Wildman–Crippen MR) is 145 cm³/mol. The molecule has 0 amide bonds. The average molecular weight is 440 g/mol. The van der Waals surface area contributed by atoms with E-state index in [1.54, 1.807) is 5.19 Å². The van der Waals surface area contributed by atoms with Gasteiger partial charge in [-0.05, 0) is 64.8 Å². The number of aromatic nitrogens is 1. The van der Waals surface area contributed by atoms with Crippen molar-refractivity contribution >= 4 is 34.8 Å². The zero-order chi connectivity index (χ0) is 23.2. The molecule has 1 aromatic heterocycles. The van der Waals surface area contributed by atoms with Crippen molar-refractivity contribution in [2.24, 2.45) is 0 Å². The summed E-state index contributed by atoms with van der Waals surface area (Å²) in [6.45, 7) is 19.0. The van der Waals surface area contributed by atoms with E-state index in [0.717, 1.165) is 5.69 Å². The molecule has 166 valence electrons. The minimum atomic E-state index is -1.68. The maximum absolute atomic E-state index is 4.80. The van der Waals surface area contributed by atoms with Gasteiger partial charge in [0.1, 0.15) is 0 Å². The van der Waals surface area contributed by atoms with Crippen LogP contribution >= 0.6 is 0 Å². The molecule has 3 aromatic carbocycles. The van der Waals surface area contributed by atoms with E-state index in [2.05, 4.69) is 110 Å². The summed E-state index contributed by atoms with van der Waals surface area (Å²) in [6, 6.07) is 20.8. The maximum Gasteiger partial charge on any atom is 0.0942 e. The number of hydrogen-bond acceptors (Lipinski definition) is 1. The van der Waals surface area contributed by atoms with E-state index in [1.165, 1.54) is 38.2 Å². The first kappa shape index (κ1) is 22.7. The molecular weight excluding hydrogens is 402 g/mol. The van der Waals surface area contributed by atoms with Crippen molar-refractivity contribution in [2.45, 2.75) is 72.0 Å². The summed E-state index contributed by atoms with van der Waals surface area (Å²) in [6.07, 6.45) is 1.97. The highest BCUT2D eigenvalue weighted by Crippen LogP contribution is 2.42. The molecule has 0 spiro atoms. The normalized spacial score (nSPS) is 12.6. The zero-order valence-electron chi connectivity index (χ0n) is 21.0. The van der Waals surface area contributed by atoms with Crippen molar-refractivity contribution in [3.63, 3.8) is 0 Å². The zero-order valence-corrected chi connectivity index (χ0v) is 22.0. The molecule has 0 aliphatic heterocycles. The Morgan fingerprint density at radius 2 is 1.22 bits per heavy atom.